The smallest absolute Gasteiger partial charge is 0.404 e. The summed E-state index contributed by atoms with van der Waals surface area (Å²) in [6, 6.07) is 0. The van der Waals surface area contributed by atoms with E-state index in [0.717, 1.165) is 32.1 Å². The van der Waals surface area contributed by atoms with Crippen LogP contribution in [0.5, 0.6) is 0 Å². The zero-order valence-electron chi connectivity index (χ0n) is 17.7. The monoisotopic (exact) mass is 438 g/mol. The van der Waals surface area contributed by atoms with E-state index in [9.17, 15) is 14.7 Å². The molecular weight excluding hydrogens is 407 g/mol. The van der Waals surface area contributed by atoms with Gasteiger partial charge in [-0.25, -0.2) is 14.8 Å². The molecule has 2 heterocycles. The van der Waals surface area contributed by atoms with Crippen LogP contribution in [0.4, 0.5) is 20.8 Å². The first-order valence-corrected chi connectivity index (χ1v) is 10.8. The Kier molecular flexibility index (Phi) is 7.83. The third-order valence-corrected chi connectivity index (χ3v) is 6.06. The Labute approximate surface area is 180 Å². The number of hydrogen-bond donors (Lipinski definition) is 5. The van der Waals surface area contributed by atoms with E-state index >= 15 is 4.39 Å². The zero-order valence-corrected chi connectivity index (χ0v) is 17.7. The van der Waals surface area contributed by atoms with Crippen molar-refractivity contribution >= 4 is 23.6 Å². The summed E-state index contributed by atoms with van der Waals surface area (Å²) in [5.74, 6) is -0.879. The van der Waals surface area contributed by atoms with Crippen molar-refractivity contribution < 1.29 is 24.2 Å². The molecule has 0 spiro atoms. The zero-order chi connectivity index (χ0) is 22.4. The van der Waals surface area contributed by atoms with E-state index < -0.39 is 23.7 Å². The molecule has 3 rings (SSSR count). The van der Waals surface area contributed by atoms with Gasteiger partial charge in [-0.2, -0.15) is 4.39 Å². The molecule has 31 heavy (non-hydrogen) atoms. The molecule has 2 atom stereocenters. The molecule has 0 radical (unpaired) electrons. The number of aliphatic hydroxyl groups is 1. The number of anilines is 2. The lowest BCUT2D eigenvalue weighted by Crippen LogP contribution is -2.42. The van der Waals surface area contributed by atoms with Gasteiger partial charge in [0.2, 0.25) is 11.7 Å². The van der Waals surface area contributed by atoms with Gasteiger partial charge in [0.15, 0.2) is 11.6 Å². The fraction of sp³-hybridized carbons (Fsp3) is 0.700. The molecule has 1 saturated carbocycles. The second-order valence-corrected chi connectivity index (χ2v) is 8.42. The highest BCUT2D eigenvalue weighted by atomic mass is 19.1. The number of amides is 2. The highest BCUT2D eigenvalue weighted by Crippen LogP contribution is 2.31. The van der Waals surface area contributed by atoms with Crippen LogP contribution in [0.3, 0.4) is 0 Å². The van der Waals surface area contributed by atoms with Gasteiger partial charge in [0.1, 0.15) is 5.82 Å². The summed E-state index contributed by atoms with van der Waals surface area (Å²) >= 11 is 0. The lowest BCUT2D eigenvalue weighted by Gasteiger charge is -2.22. The van der Waals surface area contributed by atoms with Crippen molar-refractivity contribution in [3.8, 4) is 0 Å². The summed E-state index contributed by atoms with van der Waals surface area (Å²) in [5, 5.41) is 20.5. The predicted octanol–water partition coefficient (Wildman–Crippen LogP) is 1.65. The third kappa shape index (κ3) is 6.16. The number of rotatable bonds is 9. The molecule has 0 unspecified atom stereocenters. The summed E-state index contributed by atoms with van der Waals surface area (Å²) in [5.41, 5.74) is 5.05. The molecule has 2 amide bonds. The van der Waals surface area contributed by atoms with Crippen LogP contribution in [0, 0.1) is 30.5 Å². The van der Waals surface area contributed by atoms with Crippen LogP contribution in [0.25, 0.3) is 0 Å². The molecule has 1 aromatic rings. The first-order chi connectivity index (χ1) is 14.9. The van der Waals surface area contributed by atoms with Gasteiger partial charge in [0.25, 0.3) is 0 Å². The number of carbonyl (C=O) groups excluding carboxylic acids is 1. The molecule has 172 valence electrons. The quantitative estimate of drug-likeness (QED) is 0.367. The predicted molar refractivity (Wildman–Crippen MR) is 112 cm³/mol. The molecule has 1 aliphatic heterocycles. The van der Waals surface area contributed by atoms with E-state index in [-0.39, 0.29) is 30.7 Å². The molecule has 2 aliphatic rings. The van der Waals surface area contributed by atoms with Crippen molar-refractivity contribution in [1.82, 2.24) is 20.7 Å². The normalized spacial score (nSPS) is 20.0. The molecule has 10 nitrogen and oxygen atoms in total. The Morgan fingerprint density at radius 3 is 2.61 bits per heavy atom. The van der Waals surface area contributed by atoms with Gasteiger partial charge in [0.05, 0.1) is 5.92 Å². The second kappa shape index (κ2) is 10.6. The Morgan fingerprint density at radius 2 is 1.97 bits per heavy atom. The van der Waals surface area contributed by atoms with Crippen LogP contribution >= 0.6 is 0 Å². The summed E-state index contributed by atoms with van der Waals surface area (Å²) < 4.78 is 15.0. The highest BCUT2D eigenvalue weighted by molar-refractivity contribution is 5.80. The van der Waals surface area contributed by atoms with Crippen LogP contribution in [-0.4, -0.2) is 58.4 Å². The number of hydrogen-bond acceptors (Lipinski definition) is 7. The number of aromatic nitrogens is 2. The minimum absolute atomic E-state index is 0.00773. The average molecular weight is 439 g/mol. The van der Waals surface area contributed by atoms with Gasteiger partial charge in [0, 0.05) is 32.2 Å². The third-order valence-electron chi connectivity index (χ3n) is 6.06. The number of hydrazine groups is 1. The highest BCUT2D eigenvalue weighted by Gasteiger charge is 2.28. The second-order valence-electron chi connectivity index (χ2n) is 8.42. The van der Waals surface area contributed by atoms with Crippen molar-refractivity contribution in [3.05, 3.63) is 11.6 Å². The Bertz CT molecular complexity index is 789. The van der Waals surface area contributed by atoms with Gasteiger partial charge in [-0.15, -0.1) is 0 Å². The van der Waals surface area contributed by atoms with Gasteiger partial charge in [-0.05, 0) is 25.7 Å². The number of nitrogens with zero attached hydrogens (tertiary/aromatic N) is 3. The number of carboxylic acid groups (broad SMARTS) is 1. The van der Waals surface area contributed by atoms with E-state index in [2.05, 4.69) is 26.1 Å². The van der Waals surface area contributed by atoms with Crippen LogP contribution in [-0.2, 0) is 4.79 Å². The van der Waals surface area contributed by atoms with E-state index in [4.69, 9.17) is 5.11 Å². The maximum absolute atomic E-state index is 15.0. The van der Waals surface area contributed by atoms with Crippen LogP contribution in [0.15, 0.2) is 0 Å². The van der Waals surface area contributed by atoms with Crippen molar-refractivity contribution in [3.63, 3.8) is 0 Å². The van der Waals surface area contributed by atoms with Gasteiger partial charge >= 0.3 is 6.09 Å². The maximum atomic E-state index is 15.0. The van der Waals surface area contributed by atoms with Gasteiger partial charge < -0.3 is 20.4 Å². The van der Waals surface area contributed by atoms with Crippen molar-refractivity contribution in [1.29, 1.82) is 0 Å². The lowest BCUT2D eigenvalue weighted by molar-refractivity contribution is -0.124. The molecule has 5 N–H and O–H groups in total. The summed E-state index contributed by atoms with van der Waals surface area (Å²) in [6.45, 7) is 2.74. The molecule has 11 heteroatoms. The maximum Gasteiger partial charge on any atom is 0.404 e. The molecule has 0 aromatic carbocycles. The number of aliphatic hydroxyl groups excluding tert-OH is 1. The van der Waals surface area contributed by atoms with Gasteiger partial charge in [-0.1, -0.05) is 25.7 Å². The first kappa shape index (κ1) is 23.0. The summed E-state index contributed by atoms with van der Waals surface area (Å²) in [7, 11) is 0. The van der Waals surface area contributed by atoms with E-state index in [1.807, 2.05) is 0 Å². The number of nitrogens with one attached hydrogen (secondary N) is 3. The topological polar surface area (TPSA) is 140 Å². The lowest BCUT2D eigenvalue weighted by atomic mass is 9.92. The van der Waals surface area contributed by atoms with Crippen LogP contribution in [0.2, 0.25) is 0 Å². The van der Waals surface area contributed by atoms with E-state index in [1.54, 1.807) is 11.8 Å². The number of halogens is 1. The fourth-order valence-electron chi connectivity index (χ4n) is 4.38. The van der Waals surface area contributed by atoms with Crippen LogP contribution < -0.4 is 21.1 Å². The van der Waals surface area contributed by atoms with Gasteiger partial charge in [-0.3, -0.25) is 15.6 Å². The van der Waals surface area contributed by atoms with Crippen molar-refractivity contribution in [2.75, 3.05) is 36.6 Å². The molecular formula is C20H31FN6O4. The molecule has 1 saturated heterocycles. The van der Waals surface area contributed by atoms with Crippen molar-refractivity contribution in [2.45, 2.75) is 45.4 Å². The summed E-state index contributed by atoms with van der Waals surface area (Å²) in [4.78, 5) is 33.6. The first-order valence-electron chi connectivity index (χ1n) is 10.8. The van der Waals surface area contributed by atoms with Crippen LogP contribution in [0.1, 0.15) is 44.3 Å². The Morgan fingerprint density at radius 1 is 1.23 bits per heavy atom. The standard InChI is InChI=1S/C20H31FN6O4/c1-12-23-17(16(21)18(24-12)27-7-6-14(10-27)11-28)25-26-19(29)15(9-22-20(30)31)8-13-4-2-3-5-13/h13-15,22,28H,2-11H2,1H3,(H,26,29)(H,30,31)(H,23,24,25)/t14-,15-/m1/s1. The summed E-state index contributed by atoms with van der Waals surface area (Å²) in [6.07, 6.45) is 4.41. The minimum Gasteiger partial charge on any atom is -0.465 e. The molecule has 1 aromatic heterocycles. The minimum atomic E-state index is -1.19. The fourth-order valence-corrected chi connectivity index (χ4v) is 4.38. The van der Waals surface area contributed by atoms with E-state index in [1.165, 1.54) is 0 Å². The Hall–Kier alpha value is -2.69. The largest absolute Gasteiger partial charge is 0.465 e. The molecule has 1 aliphatic carbocycles. The molecule has 2 fully saturated rings. The SMILES string of the molecule is Cc1nc(NNC(=O)[C@@H](CNC(=O)O)CC2CCCC2)c(F)c(N2CC[C@@H](CO)C2)n1. The Balaban J connectivity index is 1.66. The average Bonchev–Trinajstić information content (AvgIpc) is 3.42. The molecule has 0 bridgehead atoms. The van der Waals surface area contributed by atoms with Crippen molar-refractivity contribution in [2.24, 2.45) is 17.8 Å². The number of carbonyl (C=O) groups is 2. The van der Waals surface area contributed by atoms with E-state index in [0.29, 0.717) is 31.3 Å². The number of aryl methyl sites for hydroxylation is 1.